The highest BCUT2D eigenvalue weighted by molar-refractivity contribution is 5.73. The average Bonchev–Trinajstić information content (AvgIpc) is 2.39. The molecule has 1 heterocycles. The Labute approximate surface area is 111 Å². The summed E-state index contributed by atoms with van der Waals surface area (Å²) in [4.78, 5) is 14.4. The molecule has 1 aliphatic heterocycles. The number of nitrogens with zero attached hydrogens (tertiary/aromatic N) is 1. The maximum Gasteiger partial charge on any atom is 0.310 e. The van der Waals surface area contributed by atoms with Gasteiger partial charge in [-0.3, -0.25) is 9.69 Å². The molecule has 1 fully saturated rings. The molecule has 0 aromatic rings. The van der Waals surface area contributed by atoms with Crippen LogP contribution in [0.3, 0.4) is 0 Å². The van der Waals surface area contributed by atoms with Crippen LogP contribution in [0.15, 0.2) is 0 Å². The minimum atomic E-state index is -0.134. The monoisotopic (exact) mass is 256 g/mol. The molecule has 0 amide bonds. The molecule has 0 spiro atoms. The second-order valence-corrected chi connectivity index (χ2v) is 5.63. The van der Waals surface area contributed by atoms with Crippen molar-refractivity contribution in [2.24, 2.45) is 5.92 Å². The van der Waals surface area contributed by atoms with Gasteiger partial charge >= 0.3 is 5.97 Å². The standard InChI is InChI=1S/C14H28N2O2/c1-5-6-11-18-13(17)12(2)14(3,4)16-9-7-15-8-10-16/h12,15H,5-11H2,1-4H3. The summed E-state index contributed by atoms with van der Waals surface area (Å²) in [5.41, 5.74) is -0.134. The van der Waals surface area contributed by atoms with Crippen molar-refractivity contribution in [1.29, 1.82) is 0 Å². The highest BCUT2D eigenvalue weighted by Gasteiger charge is 2.38. The van der Waals surface area contributed by atoms with Crippen molar-refractivity contribution in [3.8, 4) is 0 Å². The van der Waals surface area contributed by atoms with E-state index in [0.717, 1.165) is 39.0 Å². The zero-order valence-electron chi connectivity index (χ0n) is 12.3. The fraction of sp³-hybridized carbons (Fsp3) is 0.929. The van der Waals surface area contributed by atoms with E-state index in [2.05, 4.69) is 31.0 Å². The first-order valence-electron chi connectivity index (χ1n) is 7.12. The molecule has 0 bridgehead atoms. The summed E-state index contributed by atoms with van der Waals surface area (Å²) >= 11 is 0. The molecule has 1 saturated heterocycles. The van der Waals surface area contributed by atoms with E-state index in [1.165, 1.54) is 0 Å². The van der Waals surface area contributed by atoms with E-state index >= 15 is 0 Å². The molecular formula is C14H28N2O2. The Kier molecular flexibility index (Phi) is 6.09. The van der Waals surface area contributed by atoms with Crippen LogP contribution in [-0.4, -0.2) is 49.2 Å². The topological polar surface area (TPSA) is 41.6 Å². The van der Waals surface area contributed by atoms with Crippen LogP contribution in [0.25, 0.3) is 0 Å². The van der Waals surface area contributed by atoms with E-state index in [9.17, 15) is 4.79 Å². The number of esters is 1. The smallest absolute Gasteiger partial charge is 0.310 e. The van der Waals surface area contributed by atoms with E-state index in [1.807, 2.05) is 6.92 Å². The molecule has 1 unspecified atom stereocenters. The minimum Gasteiger partial charge on any atom is -0.465 e. The van der Waals surface area contributed by atoms with Crippen LogP contribution in [0.5, 0.6) is 0 Å². The molecule has 0 aromatic carbocycles. The van der Waals surface area contributed by atoms with Crippen LogP contribution in [0.1, 0.15) is 40.5 Å². The summed E-state index contributed by atoms with van der Waals surface area (Å²) in [6.45, 7) is 12.9. The summed E-state index contributed by atoms with van der Waals surface area (Å²) in [7, 11) is 0. The quantitative estimate of drug-likeness (QED) is 0.579. The van der Waals surface area contributed by atoms with Gasteiger partial charge in [0, 0.05) is 31.7 Å². The lowest BCUT2D eigenvalue weighted by atomic mass is 9.86. The Morgan fingerprint density at radius 3 is 2.56 bits per heavy atom. The molecule has 0 aliphatic carbocycles. The third-order valence-electron chi connectivity index (χ3n) is 4.09. The van der Waals surface area contributed by atoms with Crippen LogP contribution in [0, 0.1) is 5.92 Å². The summed E-state index contributed by atoms with van der Waals surface area (Å²) in [5, 5.41) is 3.34. The van der Waals surface area contributed by atoms with Gasteiger partial charge in [0.05, 0.1) is 12.5 Å². The fourth-order valence-electron chi connectivity index (χ4n) is 2.25. The Balaban J connectivity index is 2.50. The second kappa shape index (κ2) is 7.10. The Hall–Kier alpha value is -0.610. The molecule has 1 N–H and O–H groups in total. The molecule has 1 rings (SSSR count). The van der Waals surface area contributed by atoms with E-state index in [4.69, 9.17) is 4.74 Å². The van der Waals surface area contributed by atoms with Gasteiger partial charge in [0.15, 0.2) is 0 Å². The summed E-state index contributed by atoms with van der Waals surface area (Å²) < 4.78 is 5.34. The normalized spacial score (nSPS) is 19.6. The van der Waals surface area contributed by atoms with Crippen LogP contribution >= 0.6 is 0 Å². The molecule has 4 nitrogen and oxygen atoms in total. The SMILES string of the molecule is CCCCOC(=O)C(C)C(C)(C)N1CCNCC1. The van der Waals surface area contributed by atoms with Crippen LogP contribution in [0.4, 0.5) is 0 Å². The predicted octanol–water partition coefficient (Wildman–Crippen LogP) is 1.65. The summed E-state index contributed by atoms with van der Waals surface area (Å²) in [6.07, 6.45) is 2.01. The number of nitrogens with one attached hydrogen (secondary N) is 1. The van der Waals surface area contributed by atoms with Crippen LogP contribution in [-0.2, 0) is 9.53 Å². The zero-order valence-corrected chi connectivity index (χ0v) is 12.3. The number of ether oxygens (including phenoxy) is 1. The molecule has 0 saturated carbocycles. The van der Waals surface area contributed by atoms with Gasteiger partial charge in [-0.05, 0) is 20.3 Å². The molecule has 1 atom stereocenters. The highest BCUT2D eigenvalue weighted by atomic mass is 16.5. The maximum absolute atomic E-state index is 12.0. The van der Waals surface area contributed by atoms with Crippen LogP contribution in [0.2, 0.25) is 0 Å². The number of carbonyl (C=O) groups excluding carboxylic acids is 1. The van der Waals surface area contributed by atoms with Crippen molar-refractivity contribution in [3.63, 3.8) is 0 Å². The molecule has 0 aromatic heterocycles. The lowest BCUT2D eigenvalue weighted by Crippen LogP contribution is -2.57. The average molecular weight is 256 g/mol. The third-order valence-corrected chi connectivity index (χ3v) is 4.09. The molecule has 106 valence electrons. The van der Waals surface area contributed by atoms with Gasteiger partial charge < -0.3 is 10.1 Å². The number of hydrogen-bond acceptors (Lipinski definition) is 4. The lowest BCUT2D eigenvalue weighted by molar-refractivity contribution is -0.153. The number of carbonyl (C=O) groups is 1. The van der Waals surface area contributed by atoms with E-state index in [-0.39, 0.29) is 17.4 Å². The largest absolute Gasteiger partial charge is 0.465 e. The molecule has 0 radical (unpaired) electrons. The van der Waals surface area contributed by atoms with E-state index < -0.39 is 0 Å². The highest BCUT2D eigenvalue weighted by Crippen LogP contribution is 2.25. The van der Waals surface area contributed by atoms with Gasteiger partial charge in [-0.15, -0.1) is 0 Å². The zero-order chi connectivity index (χ0) is 13.6. The third kappa shape index (κ3) is 3.95. The minimum absolute atomic E-state index is 0.0630. The molecule has 18 heavy (non-hydrogen) atoms. The first-order valence-corrected chi connectivity index (χ1v) is 7.12. The first-order chi connectivity index (χ1) is 8.50. The Morgan fingerprint density at radius 1 is 1.39 bits per heavy atom. The molecule has 4 heteroatoms. The van der Waals surface area contributed by atoms with Gasteiger partial charge in [-0.25, -0.2) is 0 Å². The van der Waals surface area contributed by atoms with Gasteiger partial charge in [-0.1, -0.05) is 20.3 Å². The van der Waals surface area contributed by atoms with Crippen molar-refractivity contribution < 1.29 is 9.53 Å². The second-order valence-electron chi connectivity index (χ2n) is 5.63. The predicted molar refractivity (Wildman–Crippen MR) is 73.6 cm³/mol. The van der Waals surface area contributed by atoms with Gasteiger partial charge in [-0.2, -0.15) is 0 Å². The number of piperazine rings is 1. The van der Waals surface area contributed by atoms with E-state index in [1.54, 1.807) is 0 Å². The van der Waals surface area contributed by atoms with Crippen molar-refractivity contribution in [2.75, 3.05) is 32.8 Å². The summed E-state index contributed by atoms with van der Waals surface area (Å²) in [5.74, 6) is -0.153. The van der Waals surface area contributed by atoms with Gasteiger partial charge in [0.1, 0.15) is 0 Å². The Bertz CT molecular complexity index is 261. The summed E-state index contributed by atoms with van der Waals surface area (Å²) in [6, 6.07) is 0. The van der Waals surface area contributed by atoms with Crippen LogP contribution < -0.4 is 5.32 Å². The van der Waals surface area contributed by atoms with Crippen molar-refractivity contribution >= 4 is 5.97 Å². The van der Waals surface area contributed by atoms with E-state index in [0.29, 0.717) is 6.61 Å². The fourth-order valence-corrected chi connectivity index (χ4v) is 2.25. The van der Waals surface area contributed by atoms with Gasteiger partial charge in [0.25, 0.3) is 0 Å². The number of hydrogen-bond donors (Lipinski definition) is 1. The Morgan fingerprint density at radius 2 is 2.00 bits per heavy atom. The van der Waals surface area contributed by atoms with Crippen molar-refractivity contribution in [1.82, 2.24) is 10.2 Å². The number of unbranched alkanes of at least 4 members (excludes halogenated alkanes) is 1. The number of rotatable bonds is 6. The molecular weight excluding hydrogens is 228 g/mol. The first kappa shape index (κ1) is 15.4. The van der Waals surface area contributed by atoms with Gasteiger partial charge in [0.2, 0.25) is 0 Å². The maximum atomic E-state index is 12.0. The molecule has 1 aliphatic rings. The lowest BCUT2D eigenvalue weighted by Gasteiger charge is -2.44. The van der Waals surface area contributed by atoms with Crippen molar-refractivity contribution in [2.45, 2.75) is 46.1 Å². The van der Waals surface area contributed by atoms with Crippen molar-refractivity contribution in [3.05, 3.63) is 0 Å².